The molecule has 1 saturated heterocycles. The number of aliphatic hydroxyl groups is 1. The molecule has 0 aliphatic carbocycles. The predicted octanol–water partition coefficient (Wildman–Crippen LogP) is 1.86. The first kappa shape index (κ1) is 16.5. The first-order valence-electron chi connectivity index (χ1n) is 7.05. The number of hydrogen-bond acceptors (Lipinski definition) is 4. The summed E-state index contributed by atoms with van der Waals surface area (Å²) >= 11 is 4.79. The maximum Gasteiger partial charge on any atom is 0.263 e. The molecule has 1 aliphatic rings. The number of piperidine rings is 1. The fourth-order valence-electron chi connectivity index (χ4n) is 2.36. The second-order valence-corrected chi connectivity index (χ2v) is 7.50. The fraction of sp³-hybridized carbons (Fsp3) is 0.571. The van der Waals surface area contributed by atoms with E-state index in [4.69, 9.17) is 5.11 Å². The highest BCUT2D eigenvalue weighted by Crippen LogP contribution is 2.25. The Balaban J connectivity index is 1.80. The molecule has 5 nitrogen and oxygen atoms in total. The molecule has 0 spiro atoms. The van der Waals surface area contributed by atoms with Crippen LogP contribution in [0, 0.1) is 5.92 Å². The van der Waals surface area contributed by atoms with Gasteiger partial charge in [0, 0.05) is 32.2 Å². The number of nitrogens with one attached hydrogen (secondary N) is 1. The summed E-state index contributed by atoms with van der Waals surface area (Å²) in [5.41, 5.74) is 0. The zero-order valence-electron chi connectivity index (χ0n) is 11.7. The molecular formula is C14H19BrN2O3S. The Kier molecular flexibility index (Phi) is 6.20. The molecule has 0 saturated carbocycles. The number of rotatable bonds is 5. The first-order valence-corrected chi connectivity index (χ1v) is 8.66. The lowest BCUT2D eigenvalue weighted by Crippen LogP contribution is -2.43. The third kappa shape index (κ3) is 4.52. The number of likely N-dealkylation sites (tertiary alicyclic amines) is 1. The zero-order chi connectivity index (χ0) is 15.2. The summed E-state index contributed by atoms with van der Waals surface area (Å²) in [7, 11) is 0. The monoisotopic (exact) mass is 374 g/mol. The van der Waals surface area contributed by atoms with Crippen LogP contribution in [-0.4, -0.2) is 48.1 Å². The Hall–Kier alpha value is -0.920. The van der Waals surface area contributed by atoms with E-state index in [0.717, 1.165) is 8.66 Å². The van der Waals surface area contributed by atoms with Crippen molar-refractivity contribution in [1.82, 2.24) is 10.2 Å². The molecule has 0 atom stereocenters. The molecule has 1 aromatic rings. The average molecular weight is 375 g/mol. The Morgan fingerprint density at radius 3 is 2.67 bits per heavy atom. The molecule has 1 aromatic heterocycles. The maximum atomic E-state index is 12.3. The molecule has 7 heteroatoms. The molecule has 2 amide bonds. The Morgan fingerprint density at radius 1 is 1.38 bits per heavy atom. The van der Waals surface area contributed by atoms with Crippen molar-refractivity contribution in [3.05, 3.63) is 20.8 Å². The lowest BCUT2D eigenvalue weighted by atomic mass is 9.95. The van der Waals surface area contributed by atoms with Crippen molar-refractivity contribution in [2.24, 2.45) is 5.92 Å². The molecule has 116 valence electrons. The van der Waals surface area contributed by atoms with E-state index in [2.05, 4.69) is 21.2 Å². The number of halogens is 1. The van der Waals surface area contributed by atoms with Gasteiger partial charge in [-0.3, -0.25) is 9.59 Å². The van der Waals surface area contributed by atoms with Gasteiger partial charge in [0.25, 0.3) is 5.91 Å². The molecule has 2 rings (SSSR count). The van der Waals surface area contributed by atoms with E-state index in [-0.39, 0.29) is 24.3 Å². The van der Waals surface area contributed by atoms with Crippen LogP contribution in [0.15, 0.2) is 15.9 Å². The van der Waals surface area contributed by atoms with Crippen LogP contribution in [0.4, 0.5) is 0 Å². The lowest BCUT2D eigenvalue weighted by Gasteiger charge is -2.31. The van der Waals surface area contributed by atoms with E-state index in [9.17, 15) is 9.59 Å². The first-order chi connectivity index (χ1) is 10.1. The van der Waals surface area contributed by atoms with Crippen LogP contribution >= 0.6 is 27.3 Å². The van der Waals surface area contributed by atoms with Gasteiger partial charge < -0.3 is 15.3 Å². The smallest absolute Gasteiger partial charge is 0.263 e. The minimum atomic E-state index is -0.0252. The van der Waals surface area contributed by atoms with E-state index in [1.54, 1.807) is 0 Å². The van der Waals surface area contributed by atoms with Gasteiger partial charge in [-0.1, -0.05) is 0 Å². The van der Waals surface area contributed by atoms with Crippen molar-refractivity contribution in [1.29, 1.82) is 0 Å². The third-order valence-corrected chi connectivity index (χ3v) is 5.18. The number of aliphatic hydroxyl groups excluding tert-OH is 1. The number of thiophene rings is 1. The van der Waals surface area contributed by atoms with Gasteiger partial charge in [0.05, 0.1) is 8.66 Å². The minimum absolute atomic E-state index is 0.0252. The van der Waals surface area contributed by atoms with Crippen LogP contribution in [0.2, 0.25) is 0 Å². The summed E-state index contributed by atoms with van der Waals surface area (Å²) in [6.07, 6.45) is 1.98. The average Bonchev–Trinajstić information content (AvgIpc) is 2.93. The Labute approximate surface area is 136 Å². The normalized spacial score (nSPS) is 16.0. The molecule has 1 aliphatic heterocycles. The van der Waals surface area contributed by atoms with Crippen molar-refractivity contribution in [2.75, 3.05) is 26.2 Å². The topological polar surface area (TPSA) is 69.6 Å². The van der Waals surface area contributed by atoms with Crippen LogP contribution in [0.3, 0.4) is 0 Å². The quantitative estimate of drug-likeness (QED) is 0.772. The molecule has 1 fully saturated rings. The lowest BCUT2D eigenvalue weighted by molar-refractivity contribution is -0.126. The van der Waals surface area contributed by atoms with Crippen molar-refractivity contribution < 1.29 is 14.7 Å². The van der Waals surface area contributed by atoms with E-state index in [1.165, 1.54) is 11.3 Å². The van der Waals surface area contributed by atoms with Gasteiger partial charge in [-0.05, 0) is 47.3 Å². The van der Waals surface area contributed by atoms with Gasteiger partial charge in [0.1, 0.15) is 0 Å². The predicted molar refractivity (Wildman–Crippen MR) is 85.4 cm³/mol. The Bertz CT molecular complexity index is 498. The third-order valence-electron chi connectivity index (χ3n) is 3.57. The molecule has 0 bridgehead atoms. The standard InChI is InChI=1S/C14H19BrN2O3S/c15-12-3-2-11(21-12)14(20)17-7-4-10(5-8-17)13(19)16-6-1-9-18/h2-3,10,18H,1,4-9H2,(H,16,19). The number of carbonyl (C=O) groups is 2. The summed E-state index contributed by atoms with van der Waals surface area (Å²) < 4.78 is 0.948. The van der Waals surface area contributed by atoms with E-state index >= 15 is 0 Å². The maximum absolute atomic E-state index is 12.3. The number of nitrogens with zero attached hydrogens (tertiary/aromatic N) is 1. The van der Waals surface area contributed by atoms with Crippen LogP contribution in [0.5, 0.6) is 0 Å². The molecule has 21 heavy (non-hydrogen) atoms. The van der Waals surface area contributed by atoms with Crippen molar-refractivity contribution in [3.63, 3.8) is 0 Å². The van der Waals surface area contributed by atoms with E-state index in [1.807, 2.05) is 17.0 Å². The molecule has 0 unspecified atom stereocenters. The second-order valence-electron chi connectivity index (χ2n) is 5.04. The van der Waals surface area contributed by atoms with Gasteiger partial charge >= 0.3 is 0 Å². The van der Waals surface area contributed by atoms with Gasteiger partial charge in [-0.2, -0.15) is 0 Å². The Morgan fingerprint density at radius 2 is 2.10 bits per heavy atom. The highest BCUT2D eigenvalue weighted by Gasteiger charge is 2.28. The second kappa shape index (κ2) is 7.91. The van der Waals surface area contributed by atoms with E-state index in [0.29, 0.717) is 38.9 Å². The molecule has 0 radical (unpaired) electrons. The molecule has 0 aromatic carbocycles. The largest absolute Gasteiger partial charge is 0.396 e. The molecule has 2 N–H and O–H groups in total. The van der Waals surface area contributed by atoms with Gasteiger partial charge in [-0.15, -0.1) is 11.3 Å². The van der Waals surface area contributed by atoms with Crippen LogP contribution in [0.1, 0.15) is 28.9 Å². The number of amides is 2. The van der Waals surface area contributed by atoms with Crippen LogP contribution < -0.4 is 5.32 Å². The van der Waals surface area contributed by atoms with Gasteiger partial charge in [0.15, 0.2) is 0 Å². The molecule has 2 heterocycles. The van der Waals surface area contributed by atoms with Crippen LogP contribution in [-0.2, 0) is 4.79 Å². The van der Waals surface area contributed by atoms with Crippen LogP contribution in [0.25, 0.3) is 0 Å². The van der Waals surface area contributed by atoms with Gasteiger partial charge in [-0.25, -0.2) is 0 Å². The SMILES string of the molecule is O=C(NCCCO)C1CCN(C(=O)c2ccc(Br)s2)CC1. The fourth-order valence-corrected chi connectivity index (χ4v) is 3.72. The number of hydrogen-bond donors (Lipinski definition) is 2. The summed E-state index contributed by atoms with van der Waals surface area (Å²) in [6.45, 7) is 1.83. The van der Waals surface area contributed by atoms with E-state index < -0.39 is 0 Å². The summed E-state index contributed by atoms with van der Waals surface area (Å²) in [5, 5.41) is 11.5. The van der Waals surface area contributed by atoms with Gasteiger partial charge in [0.2, 0.25) is 5.91 Å². The minimum Gasteiger partial charge on any atom is -0.396 e. The van der Waals surface area contributed by atoms with Crippen molar-refractivity contribution in [3.8, 4) is 0 Å². The molecular weight excluding hydrogens is 356 g/mol. The highest BCUT2D eigenvalue weighted by atomic mass is 79.9. The summed E-state index contributed by atoms with van der Waals surface area (Å²) in [6, 6.07) is 3.70. The van der Waals surface area contributed by atoms with Crippen molar-refractivity contribution in [2.45, 2.75) is 19.3 Å². The highest BCUT2D eigenvalue weighted by molar-refractivity contribution is 9.11. The summed E-state index contributed by atoms with van der Waals surface area (Å²) in [5.74, 6) is 0.0575. The number of carbonyl (C=O) groups excluding carboxylic acids is 2. The van der Waals surface area contributed by atoms with Crippen molar-refractivity contribution >= 4 is 39.1 Å². The zero-order valence-corrected chi connectivity index (χ0v) is 14.1. The summed E-state index contributed by atoms with van der Waals surface area (Å²) in [4.78, 5) is 26.8.